The van der Waals surface area contributed by atoms with Gasteiger partial charge in [0.1, 0.15) is 18.0 Å². The predicted molar refractivity (Wildman–Crippen MR) is 89.7 cm³/mol. The van der Waals surface area contributed by atoms with E-state index in [1.165, 1.54) is 0 Å². The largest absolute Gasteiger partial charge is 0.491 e. The molecule has 3 amide bonds. The summed E-state index contributed by atoms with van der Waals surface area (Å²) in [5.41, 5.74) is 0.0243. The van der Waals surface area contributed by atoms with Gasteiger partial charge >= 0.3 is 6.09 Å². The van der Waals surface area contributed by atoms with Crippen LogP contribution < -0.4 is 10.1 Å². The summed E-state index contributed by atoms with van der Waals surface area (Å²) in [6.07, 6.45) is 1.32. The molecule has 134 valence electrons. The van der Waals surface area contributed by atoms with Crippen LogP contribution in [0.15, 0.2) is 18.2 Å². The molecule has 0 saturated carbocycles. The minimum atomic E-state index is -0.552. The molecule has 2 aliphatic rings. The van der Waals surface area contributed by atoms with Crippen molar-refractivity contribution in [1.82, 2.24) is 10.2 Å². The Labute approximate surface area is 146 Å². The van der Waals surface area contributed by atoms with Gasteiger partial charge < -0.3 is 14.4 Å². The molecule has 1 atom stereocenters. The lowest BCUT2D eigenvalue weighted by molar-refractivity contribution is 0.0186. The van der Waals surface area contributed by atoms with Gasteiger partial charge in [0, 0.05) is 6.54 Å². The highest BCUT2D eigenvalue weighted by atomic mass is 16.6. The van der Waals surface area contributed by atoms with E-state index in [-0.39, 0.29) is 24.3 Å². The summed E-state index contributed by atoms with van der Waals surface area (Å²) in [6, 6.07) is 4.80. The zero-order chi connectivity index (χ0) is 18.2. The topological polar surface area (TPSA) is 84.9 Å². The average molecular weight is 346 g/mol. The van der Waals surface area contributed by atoms with E-state index in [1.54, 1.807) is 23.1 Å². The number of benzene rings is 1. The van der Waals surface area contributed by atoms with Crippen molar-refractivity contribution < 1.29 is 23.9 Å². The molecule has 3 rings (SSSR count). The smallest absolute Gasteiger partial charge is 0.410 e. The molecule has 1 N–H and O–H groups in total. The molecule has 0 aliphatic carbocycles. The number of nitrogens with one attached hydrogen (secondary N) is 1. The van der Waals surface area contributed by atoms with E-state index in [2.05, 4.69) is 5.32 Å². The maximum Gasteiger partial charge on any atom is 0.410 e. The van der Waals surface area contributed by atoms with Gasteiger partial charge in [-0.25, -0.2) is 4.79 Å². The van der Waals surface area contributed by atoms with Gasteiger partial charge in [0.15, 0.2) is 0 Å². The number of nitrogens with zero attached hydrogens (tertiary/aromatic N) is 1. The molecule has 1 aromatic rings. The third-order valence-corrected chi connectivity index (χ3v) is 4.16. The zero-order valence-electron chi connectivity index (χ0n) is 14.6. The normalized spacial score (nSPS) is 19.6. The molecule has 7 nitrogen and oxygen atoms in total. The van der Waals surface area contributed by atoms with Crippen LogP contribution in [0, 0.1) is 0 Å². The summed E-state index contributed by atoms with van der Waals surface area (Å²) < 4.78 is 11.2. The summed E-state index contributed by atoms with van der Waals surface area (Å²) in [4.78, 5) is 37.6. The van der Waals surface area contributed by atoms with Crippen molar-refractivity contribution in [3.8, 4) is 5.75 Å². The van der Waals surface area contributed by atoms with Gasteiger partial charge in [0.2, 0.25) is 0 Å². The van der Waals surface area contributed by atoms with E-state index >= 15 is 0 Å². The third-order valence-electron chi connectivity index (χ3n) is 4.16. The Hall–Kier alpha value is -2.57. The Kier molecular flexibility index (Phi) is 4.41. The van der Waals surface area contributed by atoms with Gasteiger partial charge in [0.05, 0.1) is 17.2 Å². The van der Waals surface area contributed by atoms with Gasteiger partial charge in [-0.05, 0) is 45.7 Å². The van der Waals surface area contributed by atoms with Crippen LogP contribution >= 0.6 is 0 Å². The fourth-order valence-corrected chi connectivity index (χ4v) is 3.06. The van der Waals surface area contributed by atoms with Crippen LogP contribution in [0.3, 0.4) is 0 Å². The van der Waals surface area contributed by atoms with Gasteiger partial charge in [-0.1, -0.05) is 6.07 Å². The van der Waals surface area contributed by atoms with Crippen LogP contribution in [0.25, 0.3) is 0 Å². The Morgan fingerprint density at radius 1 is 1.28 bits per heavy atom. The van der Waals surface area contributed by atoms with E-state index < -0.39 is 17.4 Å². The highest BCUT2D eigenvalue weighted by Crippen LogP contribution is 2.28. The molecule has 1 fully saturated rings. The monoisotopic (exact) mass is 346 g/mol. The number of amides is 3. The number of ether oxygens (including phenoxy) is 2. The SMILES string of the molecule is CC(C)(C)OC(=O)N1CCC[C@@H]1COc1cccc2c1C(=O)NC2=O. The maximum absolute atomic E-state index is 12.3. The predicted octanol–water partition coefficient (Wildman–Crippen LogP) is 2.35. The number of hydrogen-bond acceptors (Lipinski definition) is 5. The molecule has 7 heteroatoms. The molecule has 25 heavy (non-hydrogen) atoms. The Morgan fingerprint density at radius 2 is 2.04 bits per heavy atom. The molecule has 2 heterocycles. The Balaban J connectivity index is 1.69. The fraction of sp³-hybridized carbons (Fsp3) is 0.500. The molecular weight excluding hydrogens is 324 g/mol. The molecule has 0 spiro atoms. The summed E-state index contributed by atoms with van der Waals surface area (Å²) >= 11 is 0. The van der Waals surface area contributed by atoms with E-state index in [4.69, 9.17) is 9.47 Å². The molecule has 0 bridgehead atoms. The van der Waals surface area contributed by atoms with E-state index in [1.807, 2.05) is 20.8 Å². The van der Waals surface area contributed by atoms with E-state index in [9.17, 15) is 14.4 Å². The number of likely N-dealkylation sites (tertiary alicyclic amines) is 1. The highest BCUT2D eigenvalue weighted by Gasteiger charge is 2.34. The first-order chi connectivity index (χ1) is 11.8. The number of fused-ring (bicyclic) bond motifs is 1. The Morgan fingerprint density at radius 3 is 2.76 bits per heavy atom. The highest BCUT2D eigenvalue weighted by molar-refractivity contribution is 6.22. The van der Waals surface area contributed by atoms with Gasteiger partial charge in [-0.3, -0.25) is 14.9 Å². The molecule has 0 radical (unpaired) electrons. The summed E-state index contributed by atoms with van der Waals surface area (Å²) in [7, 11) is 0. The number of carbonyl (C=O) groups excluding carboxylic acids is 3. The summed E-state index contributed by atoms with van der Waals surface area (Å²) in [6.45, 7) is 6.35. The van der Waals surface area contributed by atoms with Crippen molar-refractivity contribution in [2.45, 2.75) is 45.3 Å². The molecule has 2 aliphatic heterocycles. The van der Waals surface area contributed by atoms with Gasteiger partial charge in [0.25, 0.3) is 11.8 Å². The standard InChI is InChI=1S/C18H22N2O5/c1-18(2,3)25-17(23)20-9-5-6-11(20)10-24-13-8-4-7-12-14(13)16(22)19-15(12)21/h4,7-8,11H,5-6,9-10H2,1-3H3,(H,19,21,22)/t11-/m1/s1. The maximum atomic E-state index is 12.3. The first kappa shape index (κ1) is 17.3. The van der Waals surface area contributed by atoms with Crippen molar-refractivity contribution in [1.29, 1.82) is 0 Å². The lowest BCUT2D eigenvalue weighted by atomic mass is 10.1. The fourth-order valence-electron chi connectivity index (χ4n) is 3.06. The number of imide groups is 1. The molecule has 0 unspecified atom stereocenters. The van der Waals surface area contributed by atoms with E-state index in [0.29, 0.717) is 17.9 Å². The minimum Gasteiger partial charge on any atom is -0.491 e. The second kappa shape index (κ2) is 6.38. The lowest BCUT2D eigenvalue weighted by Gasteiger charge is -2.28. The van der Waals surface area contributed by atoms with Crippen LogP contribution in [0.1, 0.15) is 54.3 Å². The van der Waals surface area contributed by atoms with Crippen molar-refractivity contribution in [2.75, 3.05) is 13.2 Å². The van der Waals surface area contributed by atoms with Crippen LogP contribution in [0.2, 0.25) is 0 Å². The number of carbonyl (C=O) groups is 3. The average Bonchev–Trinajstić information content (AvgIpc) is 3.09. The second-order valence-electron chi connectivity index (χ2n) is 7.24. The van der Waals surface area contributed by atoms with Crippen LogP contribution in [0.5, 0.6) is 5.75 Å². The van der Waals surface area contributed by atoms with Gasteiger partial charge in [-0.15, -0.1) is 0 Å². The van der Waals surface area contributed by atoms with E-state index in [0.717, 1.165) is 12.8 Å². The molecular formula is C18H22N2O5. The first-order valence-electron chi connectivity index (χ1n) is 8.37. The number of rotatable bonds is 3. The zero-order valence-corrected chi connectivity index (χ0v) is 14.6. The molecule has 0 aromatic heterocycles. The van der Waals surface area contributed by atoms with Crippen LogP contribution in [0.4, 0.5) is 4.79 Å². The Bertz CT molecular complexity index is 723. The third kappa shape index (κ3) is 3.60. The summed E-state index contributed by atoms with van der Waals surface area (Å²) in [5.74, 6) is -0.510. The van der Waals surface area contributed by atoms with Crippen molar-refractivity contribution in [3.05, 3.63) is 29.3 Å². The van der Waals surface area contributed by atoms with Crippen molar-refractivity contribution >= 4 is 17.9 Å². The number of hydrogen-bond donors (Lipinski definition) is 1. The van der Waals surface area contributed by atoms with Crippen molar-refractivity contribution in [2.24, 2.45) is 0 Å². The van der Waals surface area contributed by atoms with Crippen LogP contribution in [-0.2, 0) is 4.74 Å². The summed E-state index contributed by atoms with van der Waals surface area (Å²) in [5, 5.41) is 2.26. The van der Waals surface area contributed by atoms with Crippen LogP contribution in [-0.4, -0.2) is 47.6 Å². The quantitative estimate of drug-likeness (QED) is 0.849. The second-order valence-corrected chi connectivity index (χ2v) is 7.24. The first-order valence-corrected chi connectivity index (χ1v) is 8.37. The minimum absolute atomic E-state index is 0.120. The van der Waals surface area contributed by atoms with Gasteiger partial charge in [-0.2, -0.15) is 0 Å². The molecule has 1 saturated heterocycles. The van der Waals surface area contributed by atoms with Crippen molar-refractivity contribution in [3.63, 3.8) is 0 Å². The lowest BCUT2D eigenvalue weighted by Crippen LogP contribution is -2.42. The molecule has 1 aromatic carbocycles.